The Morgan fingerprint density at radius 1 is 0.474 bits per heavy atom. The van der Waals surface area contributed by atoms with Crippen molar-refractivity contribution in [1.82, 2.24) is 0 Å². The van der Waals surface area contributed by atoms with Gasteiger partial charge in [-0.25, -0.2) is 8.37 Å². The van der Waals surface area contributed by atoms with E-state index < -0.39 is 10.4 Å². The second-order valence-corrected chi connectivity index (χ2v) is 4.79. The van der Waals surface area contributed by atoms with Crippen LogP contribution in [0, 0.1) is 0 Å². The maximum atomic E-state index is 11.2. The number of ether oxygens (including phenoxy) is 4. The van der Waals surface area contributed by atoms with Crippen LogP contribution >= 0.6 is 0 Å². The first kappa shape index (κ1) is 16.8. The molecular formula is C10H20O8S. The molecular weight excluding hydrogens is 280 g/mol. The van der Waals surface area contributed by atoms with Gasteiger partial charge in [-0.15, -0.1) is 0 Å². The predicted octanol–water partition coefficient (Wildman–Crippen LogP) is -0.656. The summed E-state index contributed by atoms with van der Waals surface area (Å²) in [6, 6.07) is 0. The van der Waals surface area contributed by atoms with E-state index in [-0.39, 0.29) is 26.4 Å². The minimum absolute atomic E-state index is 0.0910. The average molecular weight is 300 g/mol. The Bertz CT molecular complexity index is 281. The minimum Gasteiger partial charge on any atom is -0.377 e. The van der Waals surface area contributed by atoms with Gasteiger partial charge >= 0.3 is 10.4 Å². The Labute approximate surface area is 113 Å². The third-order valence-electron chi connectivity index (χ3n) is 2.03. The Balaban J connectivity index is 2.24. The summed E-state index contributed by atoms with van der Waals surface area (Å²) in [7, 11) is -3.98. The van der Waals surface area contributed by atoms with Crippen molar-refractivity contribution in [3.8, 4) is 0 Å². The van der Waals surface area contributed by atoms with Crippen LogP contribution in [0.15, 0.2) is 0 Å². The maximum Gasteiger partial charge on any atom is 0.400 e. The van der Waals surface area contributed by atoms with E-state index in [0.717, 1.165) is 0 Å². The van der Waals surface area contributed by atoms with Crippen LogP contribution in [0.1, 0.15) is 0 Å². The molecule has 1 rings (SSSR count). The normalized spacial score (nSPS) is 25.5. The Kier molecular flexibility index (Phi) is 9.26. The standard InChI is InChI=1S/C10H20O8S/c11-19(12)17-9-7-15-5-3-13-1-2-14-4-6-16-8-10-18-19/h1-10H2. The molecule has 0 aliphatic carbocycles. The molecule has 1 heterocycles. The fourth-order valence-electron chi connectivity index (χ4n) is 1.19. The molecule has 8 nitrogen and oxygen atoms in total. The van der Waals surface area contributed by atoms with E-state index >= 15 is 0 Å². The van der Waals surface area contributed by atoms with E-state index in [1.54, 1.807) is 0 Å². The van der Waals surface area contributed by atoms with Crippen molar-refractivity contribution < 1.29 is 35.7 Å². The lowest BCUT2D eigenvalue weighted by atomic mass is 10.7. The zero-order valence-electron chi connectivity index (χ0n) is 10.7. The predicted molar refractivity (Wildman–Crippen MR) is 64.1 cm³/mol. The van der Waals surface area contributed by atoms with Crippen molar-refractivity contribution in [3.05, 3.63) is 0 Å². The third kappa shape index (κ3) is 10.2. The molecule has 0 aromatic heterocycles. The van der Waals surface area contributed by atoms with Gasteiger partial charge in [0.15, 0.2) is 0 Å². The van der Waals surface area contributed by atoms with Gasteiger partial charge in [0.1, 0.15) is 0 Å². The van der Waals surface area contributed by atoms with Crippen molar-refractivity contribution in [3.63, 3.8) is 0 Å². The SMILES string of the molecule is O=S1(=O)OCCOCCOCCOCCOCCO1. The quantitative estimate of drug-likeness (QED) is 0.583. The Hall–Kier alpha value is -0.290. The van der Waals surface area contributed by atoms with Crippen LogP contribution in [-0.2, 0) is 37.7 Å². The minimum atomic E-state index is -3.98. The summed E-state index contributed by atoms with van der Waals surface area (Å²) in [4.78, 5) is 0. The topological polar surface area (TPSA) is 89.5 Å². The van der Waals surface area contributed by atoms with Crippen LogP contribution in [0.25, 0.3) is 0 Å². The highest BCUT2D eigenvalue weighted by atomic mass is 32.3. The van der Waals surface area contributed by atoms with Crippen molar-refractivity contribution in [1.29, 1.82) is 0 Å². The van der Waals surface area contributed by atoms with Crippen molar-refractivity contribution in [2.75, 3.05) is 66.1 Å². The maximum absolute atomic E-state index is 11.2. The average Bonchev–Trinajstić information content (AvgIpc) is 2.37. The molecule has 9 heteroatoms. The summed E-state index contributed by atoms with van der Waals surface area (Å²) < 4.78 is 52.2. The van der Waals surface area contributed by atoms with E-state index in [1.807, 2.05) is 0 Å². The molecule has 0 atom stereocenters. The molecule has 0 spiro atoms. The highest BCUT2D eigenvalue weighted by Gasteiger charge is 2.11. The van der Waals surface area contributed by atoms with Gasteiger partial charge in [0.2, 0.25) is 0 Å². The summed E-state index contributed by atoms with van der Waals surface area (Å²) >= 11 is 0. The van der Waals surface area contributed by atoms with Crippen LogP contribution in [0.5, 0.6) is 0 Å². The van der Waals surface area contributed by atoms with Crippen LogP contribution < -0.4 is 0 Å². The first-order valence-electron chi connectivity index (χ1n) is 6.05. The highest BCUT2D eigenvalue weighted by molar-refractivity contribution is 7.81. The smallest absolute Gasteiger partial charge is 0.377 e. The zero-order chi connectivity index (χ0) is 13.8. The van der Waals surface area contributed by atoms with Crippen molar-refractivity contribution in [2.24, 2.45) is 0 Å². The Morgan fingerprint density at radius 2 is 0.737 bits per heavy atom. The summed E-state index contributed by atoms with van der Waals surface area (Å²) in [5.41, 5.74) is 0. The summed E-state index contributed by atoms with van der Waals surface area (Å²) in [6.45, 7) is 2.66. The Morgan fingerprint density at radius 3 is 1.05 bits per heavy atom. The lowest BCUT2D eigenvalue weighted by Gasteiger charge is -2.06. The van der Waals surface area contributed by atoms with E-state index in [0.29, 0.717) is 39.6 Å². The van der Waals surface area contributed by atoms with E-state index in [2.05, 4.69) is 8.37 Å². The molecule has 114 valence electrons. The van der Waals surface area contributed by atoms with Gasteiger partial charge in [-0.05, 0) is 0 Å². The molecule has 0 saturated carbocycles. The number of hydrogen-bond acceptors (Lipinski definition) is 8. The number of rotatable bonds is 0. The van der Waals surface area contributed by atoms with Crippen molar-refractivity contribution >= 4 is 10.4 Å². The first-order chi connectivity index (χ1) is 9.21. The monoisotopic (exact) mass is 300 g/mol. The number of hydrogen-bond donors (Lipinski definition) is 0. The molecule has 1 aliphatic rings. The summed E-state index contributed by atoms with van der Waals surface area (Å²) in [5.74, 6) is 0. The van der Waals surface area contributed by atoms with Crippen LogP contribution in [0.3, 0.4) is 0 Å². The van der Waals surface area contributed by atoms with Crippen LogP contribution in [0.2, 0.25) is 0 Å². The molecule has 1 saturated heterocycles. The third-order valence-corrected chi connectivity index (χ3v) is 2.94. The molecule has 0 radical (unpaired) electrons. The van der Waals surface area contributed by atoms with Gasteiger partial charge in [-0.1, -0.05) is 0 Å². The molecule has 0 bridgehead atoms. The van der Waals surface area contributed by atoms with Gasteiger partial charge in [0.05, 0.1) is 66.1 Å². The van der Waals surface area contributed by atoms with E-state index in [9.17, 15) is 8.42 Å². The second-order valence-electron chi connectivity index (χ2n) is 3.50. The molecule has 1 aliphatic heterocycles. The largest absolute Gasteiger partial charge is 0.400 e. The molecule has 0 aromatic rings. The highest BCUT2D eigenvalue weighted by Crippen LogP contribution is 1.96. The van der Waals surface area contributed by atoms with Gasteiger partial charge in [0.25, 0.3) is 0 Å². The van der Waals surface area contributed by atoms with Gasteiger partial charge in [0, 0.05) is 0 Å². The summed E-state index contributed by atoms with van der Waals surface area (Å²) in [6.07, 6.45) is 0. The van der Waals surface area contributed by atoms with E-state index in [1.165, 1.54) is 0 Å². The second kappa shape index (κ2) is 10.5. The van der Waals surface area contributed by atoms with Gasteiger partial charge in [-0.3, -0.25) is 0 Å². The first-order valence-corrected chi connectivity index (χ1v) is 7.39. The van der Waals surface area contributed by atoms with Crippen molar-refractivity contribution in [2.45, 2.75) is 0 Å². The van der Waals surface area contributed by atoms with Crippen LogP contribution in [-0.4, -0.2) is 74.5 Å². The molecule has 0 amide bonds. The molecule has 0 N–H and O–H groups in total. The van der Waals surface area contributed by atoms with Gasteiger partial charge < -0.3 is 18.9 Å². The van der Waals surface area contributed by atoms with E-state index in [4.69, 9.17) is 18.9 Å². The molecule has 1 fully saturated rings. The summed E-state index contributed by atoms with van der Waals surface area (Å²) in [5, 5.41) is 0. The lowest BCUT2D eigenvalue weighted by molar-refractivity contribution is -0.00426. The molecule has 19 heavy (non-hydrogen) atoms. The van der Waals surface area contributed by atoms with Gasteiger partial charge in [-0.2, -0.15) is 8.42 Å². The molecule has 0 aromatic carbocycles. The zero-order valence-corrected chi connectivity index (χ0v) is 11.6. The van der Waals surface area contributed by atoms with Crippen LogP contribution in [0.4, 0.5) is 0 Å². The lowest BCUT2D eigenvalue weighted by Crippen LogP contribution is -2.17. The fourth-order valence-corrected chi connectivity index (χ4v) is 1.80. The molecule has 0 unspecified atom stereocenters. The fraction of sp³-hybridized carbons (Fsp3) is 1.00.